The lowest BCUT2D eigenvalue weighted by Crippen LogP contribution is -2.18. The Labute approximate surface area is 97.5 Å². The van der Waals surface area contributed by atoms with Gasteiger partial charge in [0.2, 0.25) is 0 Å². The molecular formula is C11H23NO2S. The second kappa shape index (κ2) is 8.89. The van der Waals surface area contributed by atoms with Gasteiger partial charge in [0.05, 0.1) is 6.61 Å². The Kier molecular flexibility index (Phi) is 8.67. The van der Waals surface area contributed by atoms with E-state index in [1.165, 1.54) is 24.8 Å². The Morgan fingerprint density at radius 2 is 2.00 bits per heavy atom. The Bertz CT molecular complexity index is 174. The first kappa shape index (κ1) is 14.6. The summed E-state index contributed by atoms with van der Waals surface area (Å²) in [6.45, 7) is 8.90. The summed E-state index contributed by atoms with van der Waals surface area (Å²) in [5.74, 6) is 2.35. The molecule has 4 heteroatoms. The Morgan fingerprint density at radius 1 is 1.33 bits per heavy atom. The van der Waals surface area contributed by atoms with Gasteiger partial charge >= 0.3 is 6.09 Å². The molecule has 0 saturated heterocycles. The molecule has 0 aliphatic heterocycles. The average Bonchev–Trinajstić information content (AvgIpc) is 2.15. The maximum absolute atomic E-state index is 10.9. The predicted octanol–water partition coefficient (Wildman–Crippen LogP) is 3.45. The second-order valence-electron chi connectivity index (χ2n) is 4.21. The van der Waals surface area contributed by atoms with Crippen molar-refractivity contribution >= 4 is 18.0 Å². The highest BCUT2D eigenvalue weighted by molar-refractivity contribution is 7.97. The molecule has 0 aromatic rings. The van der Waals surface area contributed by atoms with Gasteiger partial charge in [-0.25, -0.2) is 4.79 Å². The first-order valence-corrected chi connectivity index (χ1v) is 6.59. The third kappa shape index (κ3) is 9.91. The van der Waals surface area contributed by atoms with Crippen molar-refractivity contribution in [3.8, 4) is 0 Å². The molecule has 0 aliphatic carbocycles. The van der Waals surface area contributed by atoms with Crippen LogP contribution in [0.2, 0.25) is 0 Å². The third-order valence-electron chi connectivity index (χ3n) is 2.04. The highest BCUT2D eigenvalue weighted by atomic mass is 32.2. The van der Waals surface area contributed by atoms with E-state index in [0.717, 1.165) is 11.7 Å². The zero-order chi connectivity index (χ0) is 11.7. The van der Waals surface area contributed by atoms with Crippen molar-refractivity contribution in [2.24, 2.45) is 11.8 Å². The predicted molar refractivity (Wildman–Crippen MR) is 65.9 cm³/mol. The summed E-state index contributed by atoms with van der Waals surface area (Å²) in [4.78, 5) is 10.9. The number of hydrogen-bond donors (Lipinski definition) is 1. The normalized spacial score (nSPS) is 12.6. The fraction of sp³-hybridized carbons (Fsp3) is 0.909. The summed E-state index contributed by atoms with van der Waals surface area (Å²) < 4.78 is 7.41. The highest BCUT2D eigenvalue weighted by Gasteiger charge is 2.06. The van der Waals surface area contributed by atoms with Gasteiger partial charge in [0, 0.05) is 5.75 Å². The van der Waals surface area contributed by atoms with Crippen molar-refractivity contribution in [1.29, 1.82) is 0 Å². The number of amides is 1. The molecule has 0 spiro atoms. The number of ether oxygens (including phenoxy) is 1. The molecule has 0 aliphatic rings. The highest BCUT2D eigenvalue weighted by Crippen LogP contribution is 2.15. The summed E-state index contributed by atoms with van der Waals surface area (Å²) in [5, 5.41) is 0. The number of carbonyl (C=O) groups is 1. The van der Waals surface area contributed by atoms with Crippen molar-refractivity contribution in [1.82, 2.24) is 4.72 Å². The van der Waals surface area contributed by atoms with E-state index < -0.39 is 0 Å². The quantitative estimate of drug-likeness (QED) is 0.684. The van der Waals surface area contributed by atoms with E-state index in [4.69, 9.17) is 4.74 Å². The minimum Gasteiger partial charge on any atom is -0.449 e. The van der Waals surface area contributed by atoms with Crippen LogP contribution in [0.25, 0.3) is 0 Å². The standard InChI is InChI=1S/C11H23NO2S/c1-5-14-11(13)12-15-8-10(4)7-6-9(2)3/h9-10H,5-8H2,1-4H3,(H,12,13). The SMILES string of the molecule is CCOC(=O)NSCC(C)CCC(C)C. The molecule has 15 heavy (non-hydrogen) atoms. The van der Waals surface area contributed by atoms with E-state index in [1.54, 1.807) is 6.92 Å². The Hall–Kier alpha value is -0.380. The van der Waals surface area contributed by atoms with Crippen LogP contribution in [0.1, 0.15) is 40.5 Å². The zero-order valence-electron chi connectivity index (χ0n) is 10.2. The number of rotatable bonds is 7. The van der Waals surface area contributed by atoms with Gasteiger partial charge in [0.25, 0.3) is 0 Å². The van der Waals surface area contributed by atoms with Gasteiger partial charge in [0.15, 0.2) is 0 Å². The minimum atomic E-state index is -0.335. The summed E-state index contributed by atoms with van der Waals surface area (Å²) >= 11 is 1.44. The van der Waals surface area contributed by atoms with Gasteiger partial charge in [-0.2, -0.15) is 0 Å². The van der Waals surface area contributed by atoms with Gasteiger partial charge in [-0.15, -0.1) is 0 Å². The van der Waals surface area contributed by atoms with Gasteiger partial charge < -0.3 is 4.74 Å². The lowest BCUT2D eigenvalue weighted by Gasteiger charge is -2.12. The molecule has 90 valence electrons. The van der Waals surface area contributed by atoms with Crippen LogP contribution >= 0.6 is 11.9 Å². The molecule has 0 aromatic carbocycles. The smallest absolute Gasteiger partial charge is 0.417 e. The molecule has 0 radical (unpaired) electrons. The monoisotopic (exact) mass is 233 g/mol. The van der Waals surface area contributed by atoms with Crippen molar-refractivity contribution in [3.63, 3.8) is 0 Å². The van der Waals surface area contributed by atoms with E-state index in [0.29, 0.717) is 12.5 Å². The van der Waals surface area contributed by atoms with Crippen LogP contribution in [0.5, 0.6) is 0 Å². The largest absolute Gasteiger partial charge is 0.449 e. The Balaban J connectivity index is 3.38. The third-order valence-corrected chi connectivity index (χ3v) is 3.08. The van der Waals surface area contributed by atoms with Crippen molar-refractivity contribution < 1.29 is 9.53 Å². The number of hydrogen-bond acceptors (Lipinski definition) is 3. The summed E-state index contributed by atoms with van der Waals surface area (Å²) in [5.41, 5.74) is 0. The molecule has 0 saturated carbocycles. The van der Waals surface area contributed by atoms with Crippen LogP contribution in [-0.4, -0.2) is 18.5 Å². The molecule has 0 bridgehead atoms. The fourth-order valence-electron chi connectivity index (χ4n) is 1.10. The van der Waals surface area contributed by atoms with Crippen LogP contribution in [0.15, 0.2) is 0 Å². The first-order valence-electron chi connectivity index (χ1n) is 5.60. The molecule has 1 unspecified atom stereocenters. The lowest BCUT2D eigenvalue weighted by atomic mass is 10.0. The zero-order valence-corrected chi connectivity index (χ0v) is 11.0. The van der Waals surface area contributed by atoms with Crippen LogP contribution in [-0.2, 0) is 4.74 Å². The summed E-state index contributed by atoms with van der Waals surface area (Å²) in [6, 6.07) is 0. The molecule has 1 amide bonds. The minimum absolute atomic E-state index is 0.335. The van der Waals surface area contributed by atoms with Crippen LogP contribution < -0.4 is 4.72 Å². The molecule has 0 rings (SSSR count). The van der Waals surface area contributed by atoms with Gasteiger partial charge in [-0.05, 0) is 37.1 Å². The second-order valence-corrected chi connectivity index (χ2v) is 5.04. The van der Waals surface area contributed by atoms with Crippen molar-refractivity contribution in [3.05, 3.63) is 0 Å². The average molecular weight is 233 g/mol. The van der Waals surface area contributed by atoms with Gasteiger partial charge in [0.1, 0.15) is 0 Å². The van der Waals surface area contributed by atoms with E-state index in [9.17, 15) is 4.79 Å². The van der Waals surface area contributed by atoms with E-state index in [-0.39, 0.29) is 6.09 Å². The maximum Gasteiger partial charge on any atom is 0.417 e. The summed E-state index contributed by atoms with van der Waals surface area (Å²) in [6.07, 6.45) is 2.13. The van der Waals surface area contributed by atoms with Crippen LogP contribution in [0.4, 0.5) is 4.79 Å². The van der Waals surface area contributed by atoms with E-state index >= 15 is 0 Å². The first-order chi connectivity index (χ1) is 7.06. The molecule has 3 nitrogen and oxygen atoms in total. The number of carbonyl (C=O) groups excluding carboxylic acids is 1. The molecule has 0 fully saturated rings. The lowest BCUT2D eigenvalue weighted by molar-refractivity contribution is 0.159. The summed E-state index contributed by atoms with van der Waals surface area (Å²) in [7, 11) is 0. The molecule has 1 N–H and O–H groups in total. The van der Waals surface area contributed by atoms with Crippen LogP contribution in [0, 0.1) is 11.8 Å². The molecule has 1 atom stereocenters. The molecular weight excluding hydrogens is 210 g/mol. The van der Waals surface area contributed by atoms with Crippen molar-refractivity contribution in [2.45, 2.75) is 40.5 Å². The topological polar surface area (TPSA) is 38.3 Å². The maximum atomic E-state index is 10.9. The Morgan fingerprint density at radius 3 is 2.53 bits per heavy atom. The fourth-order valence-corrected chi connectivity index (χ4v) is 1.82. The number of nitrogens with one attached hydrogen (secondary N) is 1. The van der Waals surface area contributed by atoms with E-state index in [2.05, 4.69) is 25.5 Å². The van der Waals surface area contributed by atoms with Crippen molar-refractivity contribution in [2.75, 3.05) is 12.4 Å². The van der Waals surface area contributed by atoms with Gasteiger partial charge in [-0.3, -0.25) is 4.72 Å². The van der Waals surface area contributed by atoms with E-state index in [1.807, 2.05) is 0 Å². The molecule has 0 aromatic heterocycles. The van der Waals surface area contributed by atoms with Crippen LogP contribution in [0.3, 0.4) is 0 Å². The van der Waals surface area contributed by atoms with Gasteiger partial charge in [-0.1, -0.05) is 27.2 Å². The molecule has 0 heterocycles.